The van der Waals surface area contributed by atoms with Crippen molar-refractivity contribution in [2.75, 3.05) is 13.1 Å². The first-order valence-electron chi connectivity index (χ1n) is 6.77. The van der Waals surface area contributed by atoms with Crippen molar-refractivity contribution in [3.05, 3.63) is 28.7 Å². The lowest BCUT2D eigenvalue weighted by atomic mass is 10.1. The van der Waals surface area contributed by atoms with Gasteiger partial charge in [0.25, 0.3) is 0 Å². The van der Waals surface area contributed by atoms with Crippen LogP contribution >= 0.6 is 15.9 Å². The van der Waals surface area contributed by atoms with Gasteiger partial charge in [0.1, 0.15) is 11.9 Å². The molecule has 1 aliphatic heterocycles. The largest absolute Gasteiger partial charge is 0.490 e. The molecule has 1 aliphatic rings. The maximum atomic E-state index is 11.9. The number of piperidine rings is 1. The minimum atomic E-state index is 0.0857. The number of carbonyl (C=O) groups excluding carboxylic acids is 1. The molecule has 0 bridgehead atoms. The summed E-state index contributed by atoms with van der Waals surface area (Å²) in [6.45, 7) is 5.50. The number of benzene rings is 1. The summed E-state index contributed by atoms with van der Waals surface area (Å²) < 4.78 is 6.98. The van der Waals surface area contributed by atoms with E-state index in [0.29, 0.717) is 0 Å². The number of ether oxygens (including phenoxy) is 1. The fourth-order valence-electron chi connectivity index (χ4n) is 2.29. The molecule has 0 aliphatic carbocycles. The quantitative estimate of drug-likeness (QED) is 0.851. The molecular weight excluding hydrogens is 306 g/mol. The zero-order valence-corrected chi connectivity index (χ0v) is 13.0. The van der Waals surface area contributed by atoms with Crippen molar-refractivity contribution in [2.45, 2.75) is 32.8 Å². The number of hydrogen-bond acceptors (Lipinski definition) is 2. The van der Waals surface area contributed by atoms with Gasteiger partial charge in [-0.3, -0.25) is 4.79 Å². The van der Waals surface area contributed by atoms with Crippen molar-refractivity contribution >= 4 is 21.8 Å². The standard InChI is InChI=1S/C15H20BrNO2/c1-11(2)15(18)17-8-6-13(7-9-17)19-14-5-3-4-12(16)10-14/h3-5,10-11,13H,6-9H2,1-2H3. The van der Waals surface area contributed by atoms with E-state index in [-0.39, 0.29) is 17.9 Å². The zero-order chi connectivity index (χ0) is 13.8. The van der Waals surface area contributed by atoms with Crippen LogP contribution in [-0.4, -0.2) is 30.0 Å². The molecule has 0 unspecified atom stereocenters. The lowest BCUT2D eigenvalue weighted by Crippen LogP contribution is -2.43. The van der Waals surface area contributed by atoms with Crippen LogP contribution in [0.4, 0.5) is 0 Å². The Hall–Kier alpha value is -1.03. The molecule has 1 saturated heterocycles. The van der Waals surface area contributed by atoms with Gasteiger partial charge >= 0.3 is 0 Å². The van der Waals surface area contributed by atoms with Gasteiger partial charge in [-0.05, 0) is 18.2 Å². The van der Waals surface area contributed by atoms with Gasteiger partial charge in [0.2, 0.25) is 5.91 Å². The van der Waals surface area contributed by atoms with E-state index in [2.05, 4.69) is 15.9 Å². The molecule has 0 spiro atoms. The van der Waals surface area contributed by atoms with E-state index in [9.17, 15) is 4.79 Å². The van der Waals surface area contributed by atoms with Gasteiger partial charge < -0.3 is 9.64 Å². The van der Waals surface area contributed by atoms with Crippen molar-refractivity contribution in [3.8, 4) is 5.75 Å². The van der Waals surface area contributed by atoms with Crippen LogP contribution < -0.4 is 4.74 Å². The molecule has 0 saturated carbocycles. The SMILES string of the molecule is CC(C)C(=O)N1CCC(Oc2cccc(Br)c2)CC1. The lowest BCUT2D eigenvalue weighted by Gasteiger charge is -2.33. The summed E-state index contributed by atoms with van der Waals surface area (Å²) in [7, 11) is 0. The molecule has 1 fully saturated rings. The Morgan fingerprint density at radius 2 is 2.05 bits per heavy atom. The maximum absolute atomic E-state index is 11.9. The average Bonchev–Trinajstić information content (AvgIpc) is 2.39. The maximum Gasteiger partial charge on any atom is 0.225 e. The predicted molar refractivity (Wildman–Crippen MR) is 79.2 cm³/mol. The summed E-state index contributed by atoms with van der Waals surface area (Å²) in [5, 5.41) is 0. The van der Waals surface area contributed by atoms with E-state index in [1.54, 1.807) is 0 Å². The highest BCUT2D eigenvalue weighted by atomic mass is 79.9. The molecule has 0 atom stereocenters. The number of carbonyl (C=O) groups is 1. The fourth-order valence-corrected chi connectivity index (χ4v) is 2.67. The van der Waals surface area contributed by atoms with Gasteiger partial charge in [-0.15, -0.1) is 0 Å². The predicted octanol–water partition coefficient (Wildman–Crippen LogP) is 3.47. The molecule has 1 aromatic carbocycles. The molecule has 1 amide bonds. The van der Waals surface area contributed by atoms with Crippen LogP contribution in [-0.2, 0) is 4.79 Å². The monoisotopic (exact) mass is 325 g/mol. The molecule has 0 N–H and O–H groups in total. The molecule has 1 heterocycles. The van der Waals surface area contributed by atoms with E-state index in [0.717, 1.165) is 36.2 Å². The van der Waals surface area contributed by atoms with Crippen LogP contribution in [0, 0.1) is 5.92 Å². The summed E-state index contributed by atoms with van der Waals surface area (Å²) in [6.07, 6.45) is 2.03. The molecule has 2 rings (SSSR count). The zero-order valence-electron chi connectivity index (χ0n) is 11.4. The van der Waals surface area contributed by atoms with Crippen molar-refractivity contribution in [1.82, 2.24) is 4.90 Å². The molecule has 19 heavy (non-hydrogen) atoms. The van der Waals surface area contributed by atoms with Crippen LogP contribution in [0.1, 0.15) is 26.7 Å². The number of rotatable bonds is 3. The number of likely N-dealkylation sites (tertiary alicyclic amines) is 1. The van der Waals surface area contributed by atoms with Crippen LogP contribution in [0.15, 0.2) is 28.7 Å². The minimum absolute atomic E-state index is 0.0857. The Morgan fingerprint density at radius 1 is 1.37 bits per heavy atom. The fraction of sp³-hybridized carbons (Fsp3) is 0.533. The lowest BCUT2D eigenvalue weighted by molar-refractivity contribution is -0.136. The Bertz CT molecular complexity index is 440. The topological polar surface area (TPSA) is 29.5 Å². The van der Waals surface area contributed by atoms with Crippen molar-refractivity contribution < 1.29 is 9.53 Å². The minimum Gasteiger partial charge on any atom is -0.490 e. The van der Waals surface area contributed by atoms with Crippen molar-refractivity contribution in [3.63, 3.8) is 0 Å². The number of amides is 1. The van der Waals surface area contributed by atoms with Crippen LogP contribution in [0.5, 0.6) is 5.75 Å². The van der Waals surface area contributed by atoms with Gasteiger partial charge in [0, 0.05) is 36.3 Å². The number of hydrogen-bond donors (Lipinski definition) is 0. The second kappa shape index (κ2) is 6.42. The Kier molecular flexibility index (Phi) is 4.86. The van der Waals surface area contributed by atoms with Gasteiger partial charge in [-0.1, -0.05) is 35.8 Å². The van der Waals surface area contributed by atoms with E-state index in [4.69, 9.17) is 4.74 Å². The summed E-state index contributed by atoms with van der Waals surface area (Å²) >= 11 is 3.44. The van der Waals surface area contributed by atoms with Gasteiger partial charge in [-0.25, -0.2) is 0 Å². The molecule has 104 valence electrons. The molecule has 0 radical (unpaired) electrons. The van der Waals surface area contributed by atoms with Crippen LogP contribution in [0.25, 0.3) is 0 Å². The highest BCUT2D eigenvalue weighted by molar-refractivity contribution is 9.10. The molecule has 4 heteroatoms. The van der Waals surface area contributed by atoms with Crippen LogP contribution in [0.2, 0.25) is 0 Å². The van der Waals surface area contributed by atoms with E-state index >= 15 is 0 Å². The summed E-state index contributed by atoms with van der Waals surface area (Å²) in [5.74, 6) is 1.23. The first-order valence-corrected chi connectivity index (χ1v) is 7.56. The third-order valence-corrected chi connectivity index (χ3v) is 3.84. The third-order valence-electron chi connectivity index (χ3n) is 3.35. The van der Waals surface area contributed by atoms with Gasteiger partial charge in [-0.2, -0.15) is 0 Å². The first kappa shape index (κ1) is 14.4. The molecular formula is C15H20BrNO2. The summed E-state index contributed by atoms with van der Waals surface area (Å²) in [5.41, 5.74) is 0. The van der Waals surface area contributed by atoms with E-state index in [1.165, 1.54) is 0 Å². The summed E-state index contributed by atoms with van der Waals surface area (Å²) in [4.78, 5) is 13.8. The number of halogens is 1. The molecule has 0 aromatic heterocycles. The van der Waals surface area contributed by atoms with Crippen molar-refractivity contribution in [1.29, 1.82) is 0 Å². The van der Waals surface area contributed by atoms with Gasteiger partial charge in [0.05, 0.1) is 0 Å². The van der Waals surface area contributed by atoms with Crippen LogP contribution in [0.3, 0.4) is 0 Å². The Balaban J connectivity index is 1.85. The third kappa shape index (κ3) is 3.96. The normalized spacial score (nSPS) is 16.7. The van der Waals surface area contributed by atoms with E-state index in [1.807, 2.05) is 43.0 Å². The Morgan fingerprint density at radius 3 is 2.63 bits per heavy atom. The highest BCUT2D eigenvalue weighted by Crippen LogP contribution is 2.22. The van der Waals surface area contributed by atoms with Crippen molar-refractivity contribution in [2.24, 2.45) is 5.92 Å². The first-order chi connectivity index (χ1) is 9.06. The second-order valence-electron chi connectivity index (χ2n) is 5.25. The second-order valence-corrected chi connectivity index (χ2v) is 6.17. The highest BCUT2D eigenvalue weighted by Gasteiger charge is 2.25. The molecule has 3 nitrogen and oxygen atoms in total. The smallest absolute Gasteiger partial charge is 0.225 e. The number of nitrogens with zero attached hydrogens (tertiary/aromatic N) is 1. The summed E-state index contributed by atoms with van der Waals surface area (Å²) in [6, 6.07) is 7.90. The van der Waals surface area contributed by atoms with Gasteiger partial charge in [0.15, 0.2) is 0 Å². The van der Waals surface area contributed by atoms with E-state index < -0.39 is 0 Å². The Labute approximate surface area is 123 Å². The molecule has 1 aromatic rings. The average molecular weight is 326 g/mol.